The third-order valence-electron chi connectivity index (χ3n) is 2.54. The molecule has 1 N–H and O–H groups in total. The van der Waals surface area contributed by atoms with Gasteiger partial charge in [-0.1, -0.05) is 60.7 Å². The molecule has 2 aromatic carbocycles. The lowest BCUT2D eigenvalue weighted by Gasteiger charge is -2.12. The Bertz CT molecular complexity index is 425. The van der Waals surface area contributed by atoms with Crippen LogP contribution in [0.15, 0.2) is 60.7 Å². The van der Waals surface area contributed by atoms with Gasteiger partial charge in [-0.05, 0) is 11.1 Å². The van der Waals surface area contributed by atoms with Gasteiger partial charge >= 0.3 is 0 Å². The van der Waals surface area contributed by atoms with Crippen LogP contribution in [0, 0.1) is 0 Å². The number of ether oxygens (including phenoxy) is 1. The van der Waals surface area contributed by atoms with Crippen LogP contribution in [0.3, 0.4) is 0 Å². The summed E-state index contributed by atoms with van der Waals surface area (Å²) in [4.78, 5) is 0. The molecular formula is C15H16O2. The van der Waals surface area contributed by atoms with Crippen LogP contribution in [0.25, 0.3) is 0 Å². The van der Waals surface area contributed by atoms with Crippen LogP contribution in [0.4, 0.5) is 0 Å². The molecule has 0 unspecified atom stereocenters. The molecule has 0 radical (unpaired) electrons. The van der Waals surface area contributed by atoms with E-state index < -0.39 is 6.29 Å². The molecule has 0 heterocycles. The first-order chi connectivity index (χ1) is 8.34. The molecule has 2 nitrogen and oxygen atoms in total. The SMILES string of the molecule is O[C@H](Cc1ccccc1)OCc1ccccc1. The van der Waals surface area contributed by atoms with Crippen molar-refractivity contribution in [2.45, 2.75) is 19.3 Å². The third kappa shape index (κ3) is 4.02. The minimum Gasteiger partial charge on any atom is -0.368 e. The highest BCUT2D eigenvalue weighted by atomic mass is 16.6. The summed E-state index contributed by atoms with van der Waals surface area (Å²) in [6.07, 6.45) is -0.231. The largest absolute Gasteiger partial charge is 0.368 e. The molecule has 0 aliphatic rings. The highest BCUT2D eigenvalue weighted by molar-refractivity contribution is 5.15. The van der Waals surface area contributed by atoms with Crippen LogP contribution < -0.4 is 0 Å². The zero-order valence-electron chi connectivity index (χ0n) is 9.62. The topological polar surface area (TPSA) is 29.5 Å². The van der Waals surface area contributed by atoms with Crippen molar-refractivity contribution >= 4 is 0 Å². The average molecular weight is 228 g/mol. The lowest BCUT2D eigenvalue weighted by Crippen LogP contribution is -2.14. The Hall–Kier alpha value is -1.64. The summed E-state index contributed by atoms with van der Waals surface area (Å²) < 4.78 is 5.39. The normalized spacial score (nSPS) is 12.3. The third-order valence-corrected chi connectivity index (χ3v) is 2.54. The quantitative estimate of drug-likeness (QED) is 0.797. The predicted octanol–water partition coefficient (Wildman–Crippen LogP) is 2.76. The smallest absolute Gasteiger partial charge is 0.159 e. The number of rotatable bonds is 5. The van der Waals surface area contributed by atoms with Crippen molar-refractivity contribution in [2.75, 3.05) is 0 Å². The molecule has 0 aliphatic heterocycles. The van der Waals surface area contributed by atoms with Gasteiger partial charge in [0.2, 0.25) is 0 Å². The first-order valence-electron chi connectivity index (χ1n) is 5.72. The first-order valence-corrected chi connectivity index (χ1v) is 5.72. The fourth-order valence-electron chi connectivity index (χ4n) is 1.64. The molecule has 2 rings (SSSR count). The minimum atomic E-state index is -0.752. The molecule has 88 valence electrons. The number of aliphatic hydroxyl groups is 1. The van der Waals surface area contributed by atoms with E-state index in [1.54, 1.807) is 0 Å². The Morgan fingerprint density at radius 2 is 1.35 bits per heavy atom. The Labute approximate surface area is 101 Å². The van der Waals surface area contributed by atoms with Crippen molar-refractivity contribution in [1.82, 2.24) is 0 Å². The number of benzene rings is 2. The van der Waals surface area contributed by atoms with Crippen molar-refractivity contribution in [3.8, 4) is 0 Å². The Morgan fingerprint density at radius 3 is 1.94 bits per heavy atom. The molecule has 0 fully saturated rings. The van der Waals surface area contributed by atoms with E-state index in [2.05, 4.69) is 0 Å². The van der Waals surface area contributed by atoms with Gasteiger partial charge in [0.05, 0.1) is 6.61 Å². The molecular weight excluding hydrogens is 212 g/mol. The van der Waals surface area contributed by atoms with Gasteiger partial charge in [-0.25, -0.2) is 0 Å². The van der Waals surface area contributed by atoms with Crippen molar-refractivity contribution in [2.24, 2.45) is 0 Å². The van der Waals surface area contributed by atoms with Crippen LogP contribution in [0.1, 0.15) is 11.1 Å². The first kappa shape index (κ1) is 11.8. The van der Waals surface area contributed by atoms with E-state index in [1.165, 1.54) is 0 Å². The molecule has 0 aromatic heterocycles. The van der Waals surface area contributed by atoms with Gasteiger partial charge in [0.25, 0.3) is 0 Å². The lowest BCUT2D eigenvalue weighted by molar-refractivity contribution is -0.106. The summed E-state index contributed by atoms with van der Waals surface area (Å²) >= 11 is 0. The number of hydrogen-bond donors (Lipinski definition) is 1. The van der Waals surface area contributed by atoms with Crippen LogP contribution in [0.5, 0.6) is 0 Å². The van der Waals surface area contributed by atoms with Crippen LogP contribution in [0.2, 0.25) is 0 Å². The molecule has 0 bridgehead atoms. The molecule has 1 atom stereocenters. The van der Waals surface area contributed by atoms with Gasteiger partial charge < -0.3 is 9.84 Å². The van der Waals surface area contributed by atoms with Crippen LogP contribution >= 0.6 is 0 Å². The Kier molecular flexibility index (Phi) is 4.30. The molecule has 0 amide bonds. The second kappa shape index (κ2) is 6.18. The van der Waals surface area contributed by atoms with Crippen molar-refractivity contribution in [3.63, 3.8) is 0 Å². The van der Waals surface area contributed by atoms with Gasteiger partial charge in [-0.2, -0.15) is 0 Å². The molecule has 0 aliphatic carbocycles. The standard InChI is InChI=1S/C15H16O2/c16-15(11-13-7-3-1-4-8-13)17-12-14-9-5-2-6-10-14/h1-10,15-16H,11-12H2/t15-/m0/s1. The summed E-state index contributed by atoms with van der Waals surface area (Å²) in [5.41, 5.74) is 2.15. The van der Waals surface area contributed by atoms with Crippen LogP contribution in [-0.2, 0) is 17.8 Å². The number of hydrogen-bond acceptors (Lipinski definition) is 2. The van der Waals surface area contributed by atoms with E-state index in [9.17, 15) is 5.11 Å². The maximum atomic E-state index is 9.74. The summed E-state index contributed by atoms with van der Waals surface area (Å²) in [5, 5.41) is 9.74. The highest BCUT2D eigenvalue weighted by Gasteiger charge is 2.05. The molecule has 2 aromatic rings. The van der Waals surface area contributed by atoms with E-state index in [4.69, 9.17) is 4.74 Å². The van der Waals surface area contributed by atoms with Gasteiger partial charge in [-0.15, -0.1) is 0 Å². The summed E-state index contributed by atoms with van der Waals surface area (Å²) in [6.45, 7) is 0.439. The van der Waals surface area contributed by atoms with Crippen molar-refractivity contribution in [1.29, 1.82) is 0 Å². The van der Waals surface area contributed by atoms with E-state index in [0.717, 1.165) is 11.1 Å². The van der Waals surface area contributed by atoms with E-state index in [0.29, 0.717) is 13.0 Å². The van der Waals surface area contributed by atoms with Gasteiger partial charge in [0, 0.05) is 6.42 Å². The Balaban J connectivity index is 1.80. The molecule has 0 saturated carbocycles. The second-order valence-corrected chi connectivity index (χ2v) is 3.94. The maximum Gasteiger partial charge on any atom is 0.159 e. The molecule has 17 heavy (non-hydrogen) atoms. The van der Waals surface area contributed by atoms with E-state index in [1.807, 2.05) is 60.7 Å². The summed E-state index contributed by atoms with van der Waals surface area (Å²) in [7, 11) is 0. The zero-order valence-corrected chi connectivity index (χ0v) is 9.62. The fraction of sp³-hybridized carbons (Fsp3) is 0.200. The van der Waals surface area contributed by atoms with Gasteiger partial charge in [-0.3, -0.25) is 0 Å². The summed E-state index contributed by atoms with van der Waals surface area (Å²) in [5.74, 6) is 0. The zero-order chi connectivity index (χ0) is 11.9. The summed E-state index contributed by atoms with van der Waals surface area (Å²) in [6, 6.07) is 19.7. The maximum absolute atomic E-state index is 9.74. The number of aliphatic hydroxyl groups excluding tert-OH is 1. The highest BCUT2D eigenvalue weighted by Crippen LogP contribution is 2.07. The predicted molar refractivity (Wildman–Crippen MR) is 67.4 cm³/mol. The fourth-order valence-corrected chi connectivity index (χ4v) is 1.64. The lowest BCUT2D eigenvalue weighted by atomic mass is 10.1. The average Bonchev–Trinajstić information content (AvgIpc) is 2.39. The molecule has 0 spiro atoms. The monoisotopic (exact) mass is 228 g/mol. The minimum absolute atomic E-state index is 0.439. The van der Waals surface area contributed by atoms with E-state index >= 15 is 0 Å². The molecule has 2 heteroatoms. The van der Waals surface area contributed by atoms with Crippen LogP contribution in [-0.4, -0.2) is 11.4 Å². The van der Waals surface area contributed by atoms with E-state index in [-0.39, 0.29) is 0 Å². The van der Waals surface area contributed by atoms with Gasteiger partial charge in [0.15, 0.2) is 6.29 Å². The second-order valence-electron chi connectivity index (χ2n) is 3.94. The Morgan fingerprint density at radius 1 is 0.824 bits per heavy atom. The van der Waals surface area contributed by atoms with Crippen molar-refractivity contribution in [3.05, 3.63) is 71.8 Å². The van der Waals surface area contributed by atoms with Gasteiger partial charge in [0.1, 0.15) is 0 Å². The van der Waals surface area contributed by atoms with Crippen molar-refractivity contribution < 1.29 is 9.84 Å². The molecule has 0 saturated heterocycles.